The van der Waals surface area contributed by atoms with E-state index in [-0.39, 0.29) is 29.9 Å². The van der Waals surface area contributed by atoms with Gasteiger partial charge >= 0.3 is 5.97 Å². The van der Waals surface area contributed by atoms with Gasteiger partial charge in [-0.25, -0.2) is 8.42 Å². The summed E-state index contributed by atoms with van der Waals surface area (Å²) < 4.78 is 27.7. The minimum atomic E-state index is -3.85. The number of sulfonamides is 1. The van der Waals surface area contributed by atoms with Gasteiger partial charge < -0.3 is 15.5 Å². The molecule has 1 unspecified atom stereocenters. The Labute approximate surface area is 240 Å². The number of carboxylic acid groups (broad SMARTS) is 1. The van der Waals surface area contributed by atoms with Crippen molar-refractivity contribution in [3.8, 4) is 11.1 Å². The third-order valence-corrected chi connectivity index (χ3v) is 8.93. The van der Waals surface area contributed by atoms with Crippen molar-refractivity contribution in [3.05, 3.63) is 87.9 Å². The zero-order valence-electron chi connectivity index (χ0n) is 22.2. The molecule has 3 aromatic rings. The summed E-state index contributed by atoms with van der Waals surface area (Å²) in [5, 5.41) is 23.8. The summed E-state index contributed by atoms with van der Waals surface area (Å²) in [6.07, 6.45) is 0.186. The van der Waals surface area contributed by atoms with Crippen LogP contribution in [0.4, 0.5) is 0 Å². The number of aliphatic hydroxyl groups is 1. The molecule has 0 bridgehead atoms. The number of nitrogens with zero attached hydrogens (tertiary/aromatic N) is 1. The lowest BCUT2D eigenvalue weighted by Crippen LogP contribution is -2.47. The van der Waals surface area contributed by atoms with Crippen LogP contribution in [-0.2, 0) is 27.7 Å². The van der Waals surface area contributed by atoms with Gasteiger partial charge in [-0.3, -0.25) is 4.79 Å². The molecule has 3 aromatic carbocycles. The van der Waals surface area contributed by atoms with Crippen LogP contribution < -0.4 is 5.32 Å². The molecule has 0 fully saturated rings. The Balaban J connectivity index is 1.61. The highest BCUT2D eigenvalue weighted by Crippen LogP contribution is 2.26. The first kappa shape index (κ1) is 31.1. The number of rotatable bonds is 13. The standard InChI is InChI=1S/C29H34Cl2N2O5S/c1-29(2,17-21-9-13-26(30)27(31)15-21)32-18-24(34)19-33(3)39(37,38)25-6-4-5-23(16-25)22-11-7-20(8-12-22)10-14-28(35)36/h4-9,11-13,15-16,24,32,34H,10,14,17-19H2,1-3H3,(H,35,36). The van der Waals surface area contributed by atoms with Crippen molar-refractivity contribution in [1.82, 2.24) is 9.62 Å². The van der Waals surface area contributed by atoms with Crippen LogP contribution in [0.15, 0.2) is 71.6 Å². The lowest BCUT2D eigenvalue weighted by Gasteiger charge is -2.29. The maximum atomic E-state index is 13.3. The number of aliphatic hydroxyl groups excluding tert-OH is 1. The van der Waals surface area contributed by atoms with E-state index in [0.717, 1.165) is 26.6 Å². The second kappa shape index (κ2) is 13.3. The molecule has 10 heteroatoms. The van der Waals surface area contributed by atoms with E-state index >= 15 is 0 Å². The molecule has 0 heterocycles. The highest BCUT2D eigenvalue weighted by Gasteiger charge is 2.25. The SMILES string of the molecule is CN(CC(O)CNC(C)(C)Cc1ccc(Cl)c(Cl)c1)S(=O)(=O)c1cccc(-c2ccc(CCC(=O)O)cc2)c1. The summed E-state index contributed by atoms with van der Waals surface area (Å²) in [6.45, 7) is 4.10. The quantitative estimate of drug-likeness (QED) is 0.249. The van der Waals surface area contributed by atoms with Crippen LogP contribution in [0.25, 0.3) is 11.1 Å². The molecular formula is C29H34Cl2N2O5S. The first-order chi connectivity index (χ1) is 18.3. The van der Waals surface area contributed by atoms with E-state index in [1.165, 1.54) is 13.1 Å². The van der Waals surface area contributed by atoms with E-state index in [1.54, 1.807) is 18.2 Å². The molecule has 0 aliphatic carbocycles. The van der Waals surface area contributed by atoms with Gasteiger partial charge in [0, 0.05) is 32.1 Å². The number of β-amino-alcohol motifs (C(OH)–C–C–N with tert-alkyl or cyclic N) is 1. The Bertz CT molecular complexity index is 1400. The molecule has 0 saturated heterocycles. The van der Waals surface area contributed by atoms with Crippen LogP contribution >= 0.6 is 23.2 Å². The summed E-state index contributed by atoms with van der Waals surface area (Å²) in [6, 6.07) is 19.5. The molecule has 39 heavy (non-hydrogen) atoms. The van der Waals surface area contributed by atoms with E-state index in [9.17, 15) is 18.3 Å². The van der Waals surface area contributed by atoms with Crippen molar-refractivity contribution in [2.24, 2.45) is 0 Å². The van der Waals surface area contributed by atoms with Gasteiger partial charge in [0.25, 0.3) is 0 Å². The van der Waals surface area contributed by atoms with Gasteiger partial charge in [-0.1, -0.05) is 65.7 Å². The zero-order valence-corrected chi connectivity index (χ0v) is 24.5. The number of likely N-dealkylation sites (N-methyl/N-ethyl adjacent to an activating group) is 1. The maximum Gasteiger partial charge on any atom is 0.303 e. The molecular weight excluding hydrogens is 559 g/mol. The van der Waals surface area contributed by atoms with Crippen molar-refractivity contribution in [2.45, 2.75) is 49.6 Å². The normalized spacial score (nSPS) is 13.0. The minimum Gasteiger partial charge on any atom is -0.481 e. The molecule has 7 nitrogen and oxygen atoms in total. The van der Waals surface area contributed by atoms with Gasteiger partial charge in [-0.15, -0.1) is 0 Å². The maximum absolute atomic E-state index is 13.3. The van der Waals surface area contributed by atoms with Crippen LogP contribution in [0.2, 0.25) is 10.0 Å². The average Bonchev–Trinajstić information content (AvgIpc) is 2.88. The molecule has 210 valence electrons. The Kier molecular flexibility index (Phi) is 10.6. The Hall–Kier alpha value is -2.46. The molecule has 0 saturated carbocycles. The number of carboxylic acids is 1. The van der Waals surface area contributed by atoms with Gasteiger partial charge in [0.05, 0.1) is 21.0 Å². The Morgan fingerprint density at radius 1 is 0.974 bits per heavy atom. The van der Waals surface area contributed by atoms with Crippen molar-refractivity contribution < 1.29 is 23.4 Å². The lowest BCUT2D eigenvalue weighted by molar-refractivity contribution is -0.136. The van der Waals surface area contributed by atoms with Gasteiger partial charge in [0.2, 0.25) is 10.0 Å². The summed E-state index contributed by atoms with van der Waals surface area (Å²) in [5.41, 5.74) is 3.05. The number of benzene rings is 3. The molecule has 0 aliphatic heterocycles. The van der Waals surface area contributed by atoms with Gasteiger partial charge in [-0.05, 0) is 73.2 Å². The van der Waals surface area contributed by atoms with Crippen molar-refractivity contribution in [3.63, 3.8) is 0 Å². The third kappa shape index (κ3) is 9.03. The predicted molar refractivity (Wildman–Crippen MR) is 156 cm³/mol. The summed E-state index contributed by atoms with van der Waals surface area (Å²) >= 11 is 12.1. The fraction of sp³-hybridized carbons (Fsp3) is 0.345. The van der Waals surface area contributed by atoms with Gasteiger partial charge in [0.15, 0.2) is 0 Å². The fourth-order valence-electron chi connectivity index (χ4n) is 4.21. The van der Waals surface area contributed by atoms with Crippen LogP contribution in [-0.4, -0.2) is 60.7 Å². The Morgan fingerprint density at radius 2 is 1.64 bits per heavy atom. The number of aliphatic carboxylic acids is 1. The second-order valence-corrected chi connectivity index (χ2v) is 13.1. The fourth-order valence-corrected chi connectivity index (χ4v) is 5.78. The first-order valence-electron chi connectivity index (χ1n) is 12.5. The largest absolute Gasteiger partial charge is 0.481 e. The number of halogens is 2. The molecule has 0 radical (unpaired) electrons. The van der Waals surface area contributed by atoms with Gasteiger partial charge in [-0.2, -0.15) is 4.31 Å². The lowest BCUT2D eigenvalue weighted by atomic mass is 9.94. The van der Waals surface area contributed by atoms with Crippen LogP contribution in [0, 0.1) is 0 Å². The highest BCUT2D eigenvalue weighted by atomic mass is 35.5. The second-order valence-electron chi connectivity index (χ2n) is 10.2. The van der Waals surface area contributed by atoms with E-state index in [1.807, 2.05) is 56.3 Å². The zero-order chi connectivity index (χ0) is 28.8. The van der Waals surface area contributed by atoms with E-state index in [0.29, 0.717) is 22.9 Å². The van der Waals surface area contributed by atoms with Crippen LogP contribution in [0.3, 0.4) is 0 Å². The Morgan fingerprint density at radius 3 is 2.28 bits per heavy atom. The predicted octanol–water partition coefficient (Wildman–Crippen LogP) is 5.27. The molecule has 0 aromatic heterocycles. The molecule has 0 spiro atoms. The van der Waals surface area contributed by atoms with Crippen LogP contribution in [0.1, 0.15) is 31.4 Å². The van der Waals surface area contributed by atoms with Crippen molar-refractivity contribution >= 4 is 39.2 Å². The van der Waals surface area contributed by atoms with Crippen LogP contribution in [0.5, 0.6) is 0 Å². The number of aryl methyl sites for hydroxylation is 1. The minimum absolute atomic E-state index is 0.0511. The van der Waals surface area contributed by atoms with Gasteiger partial charge in [0.1, 0.15) is 0 Å². The number of hydrogen-bond donors (Lipinski definition) is 3. The first-order valence-corrected chi connectivity index (χ1v) is 14.7. The number of nitrogens with one attached hydrogen (secondary N) is 1. The number of carbonyl (C=O) groups is 1. The monoisotopic (exact) mass is 592 g/mol. The third-order valence-electron chi connectivity index (χ3n) is 6.37. The number of hydrogen-bond acceptors (Lipinski definition) is 5. The van der Waals surface area contributed by atoms with E-state index < -0.39 is 22.1 Å². The van der Waals surface area contributed by atoms with E-state index in [4.69, 9.17) is 28.3 Å². The molecule has 1 atom stereocenters. The average molecular weight is 594 g/mol. The topological polar surface area (TPSA) is 107 Å². The summed E-state index contributed by atoms with van der Waals surface area (Å²) in [5.74, 6) is -0.853. The molecule has 0 aliphatic rings. The molecule has 0 amide bonds. The molecule has 3 rings (SSSR count). The van der Waals surface area contributed by atoms with Crippen molar-refractivity contribution in [1.29, 1.82) is 0 Å². The highest BCUT2D eigenvalue weighted by molar-refractivity contribution is 7.89. The van der Waals surface area contributed by atoms with Crippen molar-refractivity contribution in [2.75, 3.05) is 20.1 Å². The smallest absolute Gasteiger partial charge is 0.303 e. The van der Waals surface area contributed by atoms with E-state index in [2.05, 4.69) is 5.32 Å². The summed E-state index contributed by atoms with van der Waals surface area (Å²) in [7, 11) is -2.40. The summed E-state index contributed by atoms with van der Waals surface area (Å²) in [4.78, 5) is 10.9. The molecule has 3 N–H and O–H groups in total.